The van der Waals surface area contributed by atoms with Crippen molar-refractivity contribution < 1.29 is 4.43 Å². The molecule has 0 N–H and O–H groups in total. The monoisotopic (exact) mass is 267 g/mol. The first-order chi connectivity index (χ1) is 9.31. The molecule has 0 aliphatic rings. The van der Waals surface area contributed by atoms with Gasteiger partial charge in [-0.3, -0.25) is 0 Å². The normalized spacial score (nSPS) is 12.3. The van der Waals surface area contributed by atoms with Gasteiger partial charge >= 0.3 is 0 Å². The third-order valence-electron chi connectivity index (χ3n) is 2.96. The highest BCUT2D eigenvalue weighted by Crippen LogP contribution is 2.00. The Balaban J connectivity index is 2.21. The van der Waals surface area contributed by atoms with E-state index < -0.39 is 9.04 Å². The van der Waals surface area contributed by atoms with Gasteiger partial charge in [-0.05, 0) is 16.3 Å². The number of hydrogen-bond acceptors (Lipinski definition) is 1. The molecule has 1 radical (unpaired) electrons. The fourth-order valence-electron chi connectivity index (χ4n) is 1.80. The molecule has 2 rings (SSSR count). The maximum absolute atomic E-state index is 6.20. The Morgan fingerprint density at radius 3 is 1.89 bits per heavy atom. The summed E-state index contributed by atoms with van der Waals surface area (Å²) in [6, 6.07) is 21.0. The molecule has 0 saturated heterocycles. The highest BCUT2D eigenvalue weighted by atomic mass is 28.3. The van der Waals surface area contributed by atoms with Crippen LogP contribution in [0, 0.1) is 5.92 Å². The molecule has 0 heterocycles. The molecule has 97 valence electrons. The molecule has 0 aliphatic heterocycles. The lowest BCUT2D eigenvalue weighted by Gasteiger charge is -2.17. The van der Waals surface area contributed by atoms with Crippen molar-refractivity contribution in [3.05, 3.63) is 73.3 Å². The Bertz CT molecular complexity index is 456. The summed E-state index contributed by atoms with van der Waals surface area (Å²) >= 11 is 0. The Morgan fingerprint density at radius 1 is 1.00 bits per heavy atom. The van der Waals surface area contributed by atoms with Crippen molar-refractivity contribution in [2.75, 3.05) is 6.61 Å². The van der Waals surface area contributed by atoms with Gasteiger partial charge in [0.15, 0.2) is 0 Å². The minimum absolute atomic E-state index is 0.382. The quantitative estimate of drug-likeness (QED) is 0.577. The number of hydrogen-bond donors (Lipinski definition) is 0. The third-order valence-corrected chi connectivity index (χ3v) is 5.14. The van der Waals surface area contributed by atoms with Crippen LogP contribution >= 0.6 is 0 Å². The predicted octanol–water partition coefficient (Wildman–Crippen LogP) is 2.63. The van der Waals surface area contributed by atoms with Gasteiger partial charge in [0.2, 0.25) is 0 Å². The van der Waals surface area contributed by atoms with Gasteiger partial charge < -0.3 is 4.43 Å². The second-order valence-corrected chi connectivity index (χ2v) is 6.69. The van der Waals surface area contributed by atoms with E-state index in [1.54, 1.807) is 0 Å². The van der Waals surface area contributed by atoms with Gasteiger partial charge in [0.25, 0.3) is 9.04 Å². The van der Waals surface area contributed by atoms with Crippen LogP contribution in [0.3, 0.4) is 0 Å². The van der Waals surface area contributed by atoms with Crippen molar-refractivity contribution in [3.8, 4) is 0 Å². The minimum atomic E-state index is -1.15. The van der Waals surface area contributed by atoms with E-state index in [2.05, 4.69) is 62.0 Å². The average Bonchev–Trinajstić information content (AvgIpc) is 2.49. The lowest BCUT2D eigenvalue weighted by Crippen LogP contribution is -2.45. The third kappa shape index (κ3) is 3.91. The fraction of sp³-hybridized carbons (Fsp3) is 0.176. The van der Waals surface area contributed by atoms with E-state index in [0.29, 0.717) is 5.92 Å². The zero-order valence-electron chi connectivity index (χ0n) is 11.3. The molecular formula is C17H19OSi. The van der Waals surface area contributed by atoms with Crippen LogP contribution in [0.25, 0.3) is 0 Å². The topological polar surface area (TPSA) is 9.23 Å². The molecule has 2 aromatic carbocycles. The Kier molecular flexibility index (Phi) is 5.13. The standard InChI is InChI=1S/C17H19OSi/c1-3-15(2)14-18-19(16-10-6-4-7-11-16)17-12-8-5-9-13-17/h3-13,15H,1,14H2,2H3. The zero-order chi connectivity index (χ0) is 13.5. The van der Waals surface area contributed by atoms with Crippen molar-refractivity contribution in [2.24, 2.45) is 5.92 Å². The van der Waals surface area contributed by atoms with Gasteiger partial charge in [-0.2, -0.15) is 0 Å². The molecule has 0 saturated carbocycles. The summed E-state index contributed by atoms with van der Waals surface area (Å²) in [4.78, 5) is 0. The van der Waals surface area contributed by atoms with E-state index in [9.17, 15) is 0 Å². The first kappa shape index (κ1) is 13.8. The number of benzene rings is 2. The van der Waals surface area contributed by atoms with Crippen LogP contribution < -0.4 is 10.4 Å². The van der Waals surface area contributed by atoms with Gasteiger partial charge in [-0.25, -0.2) is 0 Å². The van der Waals surface area contributed by atoms with Crippen molar-refractivity contribution in [3.63, 3.8) is 0 Å². The Morgan fingerprint density at radius 2 is 1.47 bits per heavy atom. The molecule has 1 nitrogen and oxygen atoms in total. The lowest BCUT2D eigenvalue weighted by atomic mass is 10.2. The Labute approximate surface area is 117 Å². The van der Waals surface area contributed by atoms with E-state index >= 15 is 0 Å². The van der Waals surface area contributed by atoms with Crippen LogP contribution in [0.5, 0.6) is 0 Å². The highest BCUT2D eigenvalue weighted by Gasteiger charge is 2.19. The second-order valence-electron chi connectivity index (χ2n) is 4.59. The van der Waals surface area contributed by atoms with Crippen LogP contribution in [0.4, 0.5) is 0 Å². The molecule has 1 unspecified atom stereocenters. The largest absolute Gasteiger partial charge is 0.407 e. The molecule has 0 aliphatic carbocycles. The average molecular weight is 267 g/mol. The predicted molar refractivity (Wildman–Crippen MR) is 83.2 cm³/mol. The van der Waals surface area contributed by atoms with Crippen molar-refractivity contribution in [1.29, 1.82) is 0 Å². The molecule has 0 aromatic heterocycles. The maximum atomic E-state index is 6.20. The molecule has 0 bridgehead atoms. The summed E-state index contributed by atoms with van der Waals surface area (Å²) in [6.45, 7) is 6.67. The van der Waals surface area contributed by atoms with Crippen LogP contribution in [0.15, 0.2) is 73.3 Å². The molecule has 0 spiro atoms. The van der Waals surface area contributed by atoms with E-state index in [1.807, 2.05) is 18.2 Å². The zero-order valence-corrected chi connectivity index (χ0v) is 12.3. The fourth-order valence-corrected chi connectivity index (χ4v) is 3.88. The SMILES string of the molecule is C=CC(C)CO[Si](c1ccccc1)c1ccccc1. The van der Waals surface area contributed by atoms with Crippen LogP contribution in [0.2, 0.25) is 0 Å². The smallest absolute Gasteiger partial charge is 0.282 e. The molecule has 0 fully saturated rings. The number of rotatable bonds is 6. The summed E-state index contributed by atoms with van der Waals surface area (Å²) < 4.78 is 6.20. The second kappa shape index (κ2) is 7.07. The van der Waals surface area contributed by atoms with Gasteiger partial charge in [0.05, 0.1) is 0 Å². The molecule has 2 heteroatoms. The van der Waals surface area contributed by atoms with E-state index in [4.69, 9.17) is 4.43 Å². The van der Waals surface area contributed by atoms with Gasteiger partial charge in [0, 0.05) is 6.61 Å². The summed E-state index contributed by atoms with van der Waals surface area (Å²) in [5, 5.41) is 2.57. The van der Waals surface area contributed by atoms with Crippen molar-refractivity contribution in [2.45, 2.75) is 6.92 Å². The first-order valence-corrected chi connectivity index (χ1v) is 7.95. The van der Waals surface area contributed by atoms with Crippen molar-refractivity contribution >= 4 is 19.4 Å². The summed E-state index contributed by atoms with van der Waals surface area (Å²) in [7, 11) is -1.15. The van der Waals surface area contributed by atoms with Gasteiger partial charge in [-0.15, -0.1) is 6.58 Å². The van der Waals surface area contributed by atoms with Crippen molar-refractivity contribution in [1.82, 2.24) is 0 Å². The van der Waals surface area contributed by atoms with E-state index in [-0.39, 0.29) is 0 Å². The summed E-state index contributed by atoms with van der Waals surface area (Å²) in [6.07, 6.45) is 1.94. The van der Waals surface area contributed by atoms with E-state index in [1.165, 1.54) is 10.4 Å². The molecule has 2 aromatic rings. The lowest BCUT2D eigenvalue weighted by molar-refractivity contribution is 0.297. The molecule has 19 heavy (non-hydrogen) atoms. The van der Waals surface area contributed by atoms with Crippen LogP contribution in [0.1, 0.15) is 6.92 Å². The Hall–Kier alpha value is -1.64. The molecule has 1 atom stereocenters. The van der Waals surface area contributed by atoms with Crippen LogP contribution in [-0.4, -0.2) is 15.6 Å². The first-order valence-electron chi connectivity index (χ1n) is 6.54. The highest BCUT2D eigenvalue weighted by molar-refractivity contribution is 6.80. The van der Waals surface area contributed by atoms with Gasteiger partial charge in [-0.1, -0.05) is 73.7 Å². The maximum Gasteiger partial charge on any atom is 0.282 e. The summed E-state index contributed by atoms with van der Waals surface area (Å²) in [5.41, 5.74) is 0. The van der Waals surface area contributed by atoms with E-state index in [0.717, 1.165) is 6.61 Å². The minimum Gasteiger partial charge on any atom is -0.407 e. The van der Waals surface area contributed by atoms with Crippen LogP contribution in [-0.2, 0) is 4.43 Å². The summed E-state index contributed by atoms with van der Waals surface area (Å²) in [5.74, 6) is 0.382. The molecular weight excluding hydrogens is 248 g/mol. The molecule has 0 amide bonds. The van der Waals surface area contributed by atoms with Gasteiger partial charge in [0.1, 0.15) is 0 Å².